The highest BCUT2D eigenvalue weighted by Crippen LogP contribution is 2.26. The van der Waals surface area contributed by atoms with Gasteiger partial charge in [-0.1, -0.05) is 23.7 Å². The van der Waals surface area contributed by atoms with Crippen molar-refractivity contribution in [1.29, 1.82) is 5.26 Å². The molecular formula is C25H16ClFN6O. The summed E-state index contributed by atoms with van der Waals surface area (Å²) in [6.07, 6.45) is 5.03. The summed E-state index contributed by atoms with van der Waals surface area (Å²) in [5.41, 5.74) is 4.16. The molecule has 34 heavy (non-hydrogen) atoms. The molecule has 5 rings (SSSR count). The van der Waals surface area contributed by atoms with Gasteiger partial charge in [-0.2, -0.15) is 15.5 Å². The van der Waals surface area contributed by atoms with Crippen molar-refractivity contribution >= 4 is 28.4 Å². The normalized spacial score (nSPS) is 10.9. The number of carbonyl (C=O) groups excluding carboxylic acids is 1. The first kappa shape index (κ1) is 21.4. The van der Waals surface area contributed by atoms with Crippen LogP contribution < -0.4 is 5.32 Å². The molecule has 0 fully saturated rings. The van der Waals surface area contributed by atoms with Crippen LogP contribution in [0.25, 0.3) is 27.7 Å². The molecule has 0 bridgehead atoms. The Kier molecular flexibility index (Phi) is 5.54. The monoisotopic (exact) mass is 470 g/mol. The van der Waals surface area contributed by atoms with Crippen LogP contribution in [0.4, 0.5) is 4.39 Å². The number of fused-ring (bicyclic) bond motifs is 1. The minimum absolute atomic E-state index is 0.0441. The Balaban J connectivity index is 1.29. The van der Waals surface area contributed by atoms with E-state index in [9.17, 15) is 9.18 Å². The number of nitrogens with zero attached hydrogens (tertiary/aromatic N) is 4. The van der Waals surface area contributed by atoms with Gasteiger partial charge in [0.05, 0.1) is 34.2 Å². The predicted octanol–water partition coefficient (Wildman–Crippen LogP) is 5.01. The van der Waals surface area contributed by atoms with E-state index in [1.807, 2.05) is 6.07 Å². The van der Waals surface area contributed by atoms with E-state index in [1.165, 1.54) is 6.07 Å². The summed E-state index contributed by atoms with van der Waals surface area (Å²) in [5, 5.41) is 24.0. The number of amides is 1. The van der Waals surface area contributed by atoms with Gasteiger partial charge in [0.15, 0.2) is 0 Å². The summed E-state index contributed by atoms with van der Waals surface area (Å²) in [5.74, 6) is -0.758. The van der Waals surface area contributed by atoms with E-state index in [1.54, 1.807) is 71.8 Å². The predicted molar refractivity (Wildman–Crippen MR) is 126 cm³/mol. The zero-order valence-corrected chi connectivity index (χ0v) is 18.3. The number of aromatic nitrogens is 4. The molecule has 0 radical (unpaired) electrons. The second kappa shape index (κ2) is 8.81. The van der Waals surface area contributed by atoms with Crippen molar-refractivity contribution in [2.24, 2.45) is 0 Å². The molecule has 0 saturated carbocycles. The number of hydrogen-bond donors (Lipinski definition) is 2. The van der Waals surface area contributed by atoms with E-state index in [4.69, 9.17) is 16.9 Å². The topological polar surface area (TPSA) is 99.4 Å². The molecule has 0 spiro atoms. The number of carbonyl (C=O) groups is 1. The Morgan fingerprint density at radius 1 is 1.12 bits per heavy atom. The molecule has 9 heteroatoms. The largest absolute Gasteiger partial charge is 0.348 e. The lowest BCUT2D eigenvalue weighted by molar-refractivity contribution is 0.0950. The Morgan fingerprint density at radius 3 is 2.79 bits per heavy atom. The molecule has 5 aromatic rings. The molecule has 0 unspecified atom stereocenters. The van der Waals surface area contributed by atoms with Gasteiger partial charge in [-0.25, -0.2) is 9.07 Å². The number of benzene rings is 3. The van der Waals surface area contributed by atoms with Crippen LogP contribution >= 0.6 is 11.6 Å². The maximum absolute atomic E-state index is 14.8. The molecular weight excluding hydrogens is 455 g/mol. The van der Waals surface area contributed by atoms with Crippen LogP contribution in [0.5, 0.6) is 0 Å². The molecule has 7 nitrogen and oxygen atoms in total. The van der Waals surface area contributed by atoms with Crippen molar-refractivity contribution in [2.45, 2.75) is 6.54 Å². The minimum Gasteiger partial charge on any atom is -0.348 e. The summed E-state index contributed by atoms with van der Waals surface area (Å²) in [6.45, 7) is 0.0441. The first-order valence-electron chi connectivity index (χ1n) is 10.3. The van der Waals surface area contributed by atoms with Crippen LogP contribution in [0, 0.1) is 17.1 Å². The molecule has 0 atom stereocenters. The fraction of sp³-hybridized carbons (Fsp3) is 0.0400. The molecule has 2 heterocycles. The first-order chi connectivity index (χ1) is 16.5. The van der Waals surface area contributed by atoms with Gasteiger partial charge in [0, 0.05) is 34.8 Å². The van der Waals surface area contributed by atoms with E-state index in [-0.39, 0.29) is 12.5 Å². The second-order valence-electron chi connectivity index (χ2n) is 7.61. The van der Waals surface area contributed by atoms with Crippen LogP contribution in [0.1, 0.15) is 21.5 Å². The smallest absolute Gasteiger partial charge is 0.251 e. The molecule has 166 valence electrons. The lowest BCUT2D eigenvalue weighted by Crippen LogP contribution is -2.23. The standard InChI is InChI=1S/C25H16ClFN6O/c26-22-8-15(1-2-17(22)10-28)20-13-31-33(14-20)21-5-3-18(23(27)9-21)11-29-25(34)16-4-6-24-19(7-16)12-30-32-24/h1-9,12-14H,11H2,(H,29,34)(H,30,32). The Hall–Kier alpha value is -4.48. The van der Waals surface area contributed by atoms with Gasteiger partial charge >= 0.3 is 0 Å². The SMILES string of the molecule is N#Cc1ccc(-c2cnn(-c3ccc(CNC(=O)c4ccc5[nH]ncc5c4)c(F)c3)c2)cc1Cl. The summed E-state index contributed by atoms with van der Waals surface area (Å²) in [7, 11) is 0. The lowest BCUT2D eigenvalue weighted by Gasteiger charge is -2.09. The van der Waals surface area contributed by atoms with E-state index >= 15 is 0 Å². The maximum atomic E-state index is 14.8. The first-order valence-corrected chi connectivity index (χ1v) is 10.6. The van der Waals surface area contributed by atoms with Crippen molar-refractivity contribution in [3.63, 3.8) is 0 Å². The van der Waals surface area contributed by atoms with Gasteiger partial charge in [0.2, 0.25) is 0 Å². The Bertz CT molecular complexity index is 1580. The number of nitriles is 1. The number of rotatable bonds is 5. The van der Waals surface area contributed by atoms with E-state index < -0.39 is 5.82 Å². The van der Waals surface area contributed by atoms with Crippen molar-refractivity contribution in [1.82, 2.24) is 25.3 Å². The maximum Gasteiger partial charge on any atom is 0.251 e. The highest BCUT2D eigenvalue weighted by atomic mass is 35.5. The molecule has 0 saturated heterocycles. The molecule has 2 aromatic heterocycles. The van der Waals surface area contributed by atoms with Crippen LogP contribution in [0.3, 0.4) is 0 Å². The van der Waals surface area contributed by atoms with Gasteiger partial charge in [-0.3, -0.25) is 9.89 Å². The van der Waals surface area contributed by atoms with Gasteiger partial charge in [0.25, 0.3) is 5.91 Å². The minimum atomic E-state index is -0.457. The molecule has 3 aromatic carbocycles. The van der Waals surface area contributed by atoms with Crippen LogP contribution in [0.2, 0.25) is 5.02 Å². The fourth-order valence-electron chi connectivity index (χ4n) is 3.58. The third kappa shape index (κ3) is 4.12. The van der Waals surface area contributed by atoms with Gasteiger partial charge in [-0.15, -0.1) is 0 Å². The number of hydrogen-bond acceptors (Lipinski definition) is 4. The molecule has 0 aliphatic carbocycles. The van der Waals surface area contributed by atoms with E-state index in [0.29, 0.717) is 27.4 Å². The number of halogens is 2. The van der Waals surface area contributed by atoms with Crippen molar-refractivity contribution < 1.29 is 9.18 Å². The summed E-state index contributed by atoms with van der Waals surface area (Å²) < 4.78 is 16.3. The van der Waals surface area contributed by atoms with Crippen LogP contribution in [0.15, 0.2) is 73.2 Å². The number of H-pyrrole nitrogens is 1. The third-order valence-corrected chi connectivity index (χ3v) is 5.76. The molecule has 2 N–H and O–H groups in total. The van der Waals surface area contributed by atoms with Crippen LogP contribution in [-0.4, -0.2) is 25.9 Å². The van der Waals surface area contributed by atoms with Crippen molar-refractivity contribution in [3.05, 3.63) is 101 Å². The van der Waals surface area contributed by atoms with E-state index in [2.05, 4.69) is 20.6 Å². The highest BCUT2D eigenvalue weighted by molar-refractivity contribution is 6.32. The summed E-state index contributed by atoms with van der Waals surface area (Å²) >= 11 is 6.12. The fourth-order valence-corrected chi connectivity index (χ4v) is 3.80. The summed E-state index contributed by atoms with van der Waals surface area (Å²) in [6, 6.07) is 17.0. The third-order valence-electron chi connectivity index (χ3n) is 5.45. The quantitative estimate of drug-likeness (QED) is 0.377. The van der Waals surface area contributed by atoms with Gasteiger partial charge < -0.3 is 5.32 Å². The lowest BCUT2D eigenvalue weighted by atomic mass is 10.1. The van der Waals surface area contributed by atoms with E-state index in [0.717, 1.165) is 22.0 Å². The molecule has 0 aliphatic heterocycles. The highest BCUT2D eigenvalue weighted by Gasteiger charge is 2.11. The number of nitrogens with one attached hydrogen (secondary N) is 2. The average Bonchev–Trinajstić information content (AvgIpc) is 3.52. The Morgan fingerprint density at radius 2 is 2.00 bits per heavy atom. The second-order valence-corrected chi connectivity index (χ2v) is 8.02. The number of aromatic amines is 1. The van der Waals surface area contributed by atoms with Crippen molar-refractivity contribution in [3.8, 4) is 22.9 Å². The van der Waals surface area contributed by atoms with Crippen LogP contribution in [-0.2, 0) is 6.54 Å². The van der Waals surface area contributed by atoms with Gasteiger partial charge in [0.1, 0.15) is 11.9 Å². The zero-order valence-electron chi connectivity index (χ0n) is 17.6. The summed E-state index contributed by atoms with van der Waals surface area (Å²) in [4.78, 5) is 12.5. The molecule has 1 amide bonds. The van der Waals surface area contributed by atoms with Gasteiger partial charge in [-0.05, 0) is 48.0 Å². The average molecular weight is 471 g/mol. The molecule has 0 aliphatic rings. The zero-order chi connectivity index (χ0) is 23.7. The Labute approximate surface area is 198 Å². The van der Waals surface area contributed by atoms with Crippen molar-refractivity contribution in [2.75, 3.05) is 0 Å².